The van der Waals surface area contributed by atoms with E-state index in [1.54, 1.807) is 12.1 Å². The van der Waals surface area contributed by atoms with Gasteiger partial charge in [-0.05, 0) is 55.3 Å². The van der Waals surface area contributed by atoms with E-state index in [9.17, 15) is 4.79 Å². The fraction of sp³-hybridized carbons (Fsp3) is 0.333. The molecule has 0 radical (unpaired) electrons. The zero-order valence-electron chi connectivity index (χ0n) is 16.0. The summed E-state index contributed by atoms with van der Waals surface area (Å²) in [6, 6.07) is 10.2. The number of halogens is 2. The molecule has 2 rings (SSSR count). The number of rotatable bonds is 10. The molecule has 0 spiro atoms. The minimum atomic E-state index is -0.418. The van der Waals surface area contributed by atoms with Gasteiger partial charge in [-0.15, -0.1) is 0 Å². The average Bonchev–Trinajstić information content (AvgIpc) is 2.66. The summed E-state index contributed by atoms with van der Waals surface area (Å²) in [4.78, 5) is 12.2. The van der Waals surface area contributed by atoms with Gasteiger partial charge in [-0.2, -0.15) is 5.10 Å². The van der Waals surface area contributed by atoms with Crippen LogP contribution in [0.15, 0.2) is 41.5 Å². The number of hydrogen-bond acceptors (Lipinski definition) is 4. The maximum Gasteiger partial charge on any atom is 0.272 e. The number of amides is 1. The van der Waals surface area contributed by atoms with E-state index >= 15 is 0 Å². The maximum atomic E-state index is 12.2. The summed E-state index contributed by atoms with van der Waals surface area (Å²) in [6.07, 6.45) is 4.81. The SMILES string of the molecule is CCCCCOc1ccc(/C=N/NC(=O)c2ccc(Cl)cc2Cl)cc1OCC. The van der Waals surface area contributed by atoms with Gasteiger partial charge in [0, 0.05) is 5.02 Å². The zero-order valence-corrected chi connectivity index (χ0v) is 17.5. The molecule has 7 heteroatoms. The molecule has 0 fully saturated rings. The number of ether oxygens (including phenoxy) is 2. The molecule has 0 bridgehead atoms. The van der Waals surface area contributed by atoms with Crippen LogP contribution in [0, 0.1) is 0 Å². The van der Waals surface area contributed by atoms with Crippen LogP contribution in [-0.4, -0.2) is 25.3 Å². The summed E-state index contributed by atoms with van der Waals surface area (Å²) in [7, 11) is 0. The van der Waals surface area contributed by atoms with Crippen LogP contribution < -0.4 is 14.9 Å². The molecule has 0 heterocycles. The number of benzene rings is 2. The fourth-order valence-electron chi connectivity index (χ4n) is 2.43. The Bertz CT molecular complexity index is 825. The minimum absolute atomic E-state index is 0.267. The minimum Gasteiger partial charge on any atom is -0.490 e. The van der Waals surface area contributed by atoms with E-state index in [0.717, 1.165) is 24.8 Å². The van der Waals surface area contributed by atoms with Gasteiger partial charge in [0.05, 0.1) is 30.0 Å². The van der Waals surface area contributed by atoms with Crippen LogP contribution in [0.3, 0.4) is 0 Å². The number of carbonyl (C=O) groups excluding carboxylic acids is 1. The Morgan fingerprint density at radius 3 is 2.61 bits per heavy atom. The van der Waals surface area contributed by atoms with Gasteiger partial charge < -0.3 is 9.47 Å². The Balaban J connectivity index is 2.02. The van der Waals surface area contributed by atoms with Gasteiger partial charge in [0.1, 0.15) is 0 Å². The lowest BCUT2D eigenvalue weighted by molar-refractivity contribution is 0.0955. The topological polar surface area (TPSA) is 59.9 Å². The van der Waals surface area contributed by atoms with E-state index in [2.05, 4.69) is 17.5 Å². The highest BCUT2D eigenvalue weighted by molar-refractivity contribution is 6.36. The first-order chi connectivity index (χ1) is 13.5. The largest absolute Gasteiger partial charge is 0.490 e. The van der Waals surface area contributed by atoms with Crippen molar-refractivity contribution in [3.05, 3.63) is 57.6 Å². The molecule has 0 atom stereocenters. The quantitative estimate of drug-likeness (QED) is 0.302. The van der Waals surface area contributed by atoms with Crippen LogP contribution in [-0.2, 0) is 0 Å². The van der Waals surface area contributed by atoms with Crippen molar-refractivity contribution in [3.63, 3.8) is 0 Å². The highest BCUT2D eigenvalue weighted by Crippen LogP contribution is 2.28. The molecule has 2 aromatic rings. The first kappa shape index (κ1) is 22.1. The van der Waals surface area contributed by atoms with Gasteiger partial charge in [0.2, 0.25) is 0 Å². The maximum absolute atomic E-state index is 12.2. The van der Waals surface area contributed by atoms with Gasteiger partial charge in [-0.25, -0.2) is 5.43 Å². The van der Waals surface area contributed by atoms with Crippen molar-refractivity contribution < 1.29 is 14.3 Å². The number of unbranched alkanes of at least 4 members (excludes halogenated alkanes) is 2. The van der Waals surface area contributed by atoms with Crippen molar-refractivity contribution in [2.75, 3.05) is 13.2 Å². The molecule has 0 aliphatic carbocycles. The van der Waals surface area contributed by atoms with Crippen molar-refractivity contribution in [1.82, 2.24) is 5.43 Å². The number of nitrogens with zero attached hydrogens (tertiary/aromatic N) is 1. The van der Waals surface area contributed by atoms with Crippen LogP contribution in [0.25, 0.3) is 0 Å². The molecule has 28 heavy (non-hydrogen) atoms. The van der Waals surface area contributed by atoms with Crippen molar-refractivity contribution in [2.24, 2.45) is 5.10 Å². The molecular formula is C21H24Cl2N2O3. The number of hydrogen-bond donors (Lipinski definition) is 1. The summed E-state index contributed by atoms with van der Waals surface area (Å²) in [6.45, 7) is 5.24. The Hall–Kier alpha value is -2.24. The Morgan fingerprint density at radius 2 is 1.89 bits per heavy atom. The Morgan fingerprint density at radius 1 is 1.07 bits per heavy atom. The predicted octanol–water partition coefficient (Wildman–Crippen LogP) is 5.73. The van der Waals surface area contributed by atoms with Crippen molar-refractivity contribution >= 4 is 35.3 Å². The first-order valence-electron chi connectivity index (χ1n) is 9.23. The smallest absolute Gasteiger partial charge is 0.272 e. The van der Waals surface area contributed by atoms with Crippen molar-refractivity contribution in [1.29, 1.82) is 0 Å². The van der Waals surface area contributed by atoms with Crippen LogP contribution in [0.4, 0.5) is 0 Å². The number of carbonyl (C=O) groups is 1. The Labute approximate surface area is 175 Å². The molecule has 0 unspecified atom stereocenters. The molecule has 0 aromatic heterocycles. The van der Waals surface area contributed by atoms with E-state index in [1.807, 2.05) is 25.1 Å². The van der Waals surface area contributed by atoms with E-state index in [0.29, 0.717) is 35.3 Å². The standard InChI is InChI=1S/C21H24Cl2N2O3/c1-3-5-6-11-28-19-10-7-15(12-20(19)27-4-2)14-24-25-21(26)17-9-8-16(22)13-18(17)23/h7-10,12-14H,3-6,11H2,1-2H3,(H,25,26)/b24-14+. The summed E-state index contributed by atoms with van der Waals surface area (Å²) in [5.74, 6) is 0.931. The van der Waals surface area contributed by atoms with E-state index in [4.69, 9.17) is 32.7 Å². The van der Waals surface area contributed by atoms with Gasteiger partial charge in [0.15, 0.2) is 11.5 Å². The normalized spacial score (nSPS) is 10.9. The second-order valence-corrected chi connectivity index (χ2v) is 6.86. The van der Waals surface area contributed by atoms with Gasteiger partial charge in [-0.3, -0.25) is 4.79 Å². The second-order valence-electron chi connectivity index (χ2n) is 6.02. The third-order valence-electron chi connectivity index (χ3n) is 3.83. The third-order valence-corrected chi connectivity index (χ3v) is 4.38. The second kappa shape index (κ2) is 11.6. The van der Waals surface area contributed by atoms with E-state index in [-0.39, 0.29) is 5.02 Å². The lowest BCUT2D eigenvalue weighted by Crippen LogP contribution is -2.18. The lowest BCUT2D eigenvalue weighted by Gasteiger charge is -2.12. The monoisotopic (exact) mass is 422 g/mol. The molecule has 1 amide bonds. The number of hydrazone groups is 1. The molecular weight excluding hydrogens is 399 g/mol. The molecule has 1 N–H and O–H groups in total. The van der Waals surface area contributed by atoms with Crippen molar-refractivity contribution in [3.8, 4) is 11.5 Å². The molecule has 0 saturated carbocycles. The summed E-state index contributed by atoms with van der Waals surface area (Å²) in [5.41, 5.74) is 3.52. The third kappa shape index (κ3) is 6.73. The highest BCUT2D eigenvalue weighted by atomic mass is 35.5. The molecule has 0 aliphatic rings. The van der Waals surface area contributed by atoms with Gasteiger partial charge in [-0.1, -0.05) is 43.0 Å². The van der Waals surface area contributed by atoms with Crippen LogP contribution >= 0.6 is 23.2 Å². The summed E-state index contributed by atoms with van der Waals surface area (Å²) < 4.78 is 11.5. The lowest BCUT2D eigenvalue weighted by atomic mass is 10.2. The van der Waals surface area contributed by atoms with E-state index < -0.39 is 5.91 Å². The summed E-state index contributed by atoms with van der Waals surface area (Å²) in [5, 5.41) is 4.72. The first-order valence-corrected chi connectivity index (χ1v) is 9.98. The van der Waals surface area contributed by atoms with Gasteiger partial charge in [0.25, 0.3) is 5.91 Å². The Kier molecular flexibility index (Phi) is 9.11. The highest BCUT2D eigenvalue weighted by Gasteiger charge is 2.10. The van der Waals surface area contributed by atoms with Crippen molar-refractivity contribution in [2.45, 2.75) is 33.1 Å². The fourth-order valence-corrected chi connectivity index (χ4v) is 2.92. The molecule has 2 aromatic carbocycles. The molecule has 5 nitrogen and oxygen atoms in total. The molecule has 0 aliphatic heterocycles. The number of nitrogens with one attached hydrogen (secondary N) is 1. The van der Waals surface area contributed by atoms with Crippen LogP contribution in [0.1, 0.15) is 49.0 Å². The van der Waals surface area contributed by atoms with Gasteiger partial charge >= 0.3 is 0 Å². The predicted molar refractivity (Wildman–Crippen MR) is 114 cm³/mol. The summed E-state index contributed by atoms with van der Waals surface area (Å²) >= 11 is 11.9. The van der Waals surface area contributed by atoms with Crippen LogP contribution in [0.2, 0.25) is 10.0 Å². The van der Waals surface area contributed by atoms with E-state index in [1.165, 1.54) is 12.3 Å². The zero-order chi connectivity index (χ0) is 20.4. The molecule has 0 saturated heterocycles. The van der Waals surface area contributed by atoms with Crippen LogP contribution in [0.5, 0.6) is 11.5 Å². The molecule has 150 valence electrons. The average molecular weight is 423 g/mol.